The molecule has 2 aromatic heterocycles. The van der Waals surface area contributed by atoms with Crippen molar-refractivity contribution in [1.29, 1.82) is 0 Å². The summed E-state index contributed by atoms with van der Waals surface area (Å²) >= 11 is 6.07. The average molecular weight is 397 g/mol. The van der Waals surface area contributed by atoms with Crippen LogP contribution in [-0.2, 0) is 18.4 Å². The predicted molar refractivity (Wildman–Crippen MR) is 109 cm³/mol. The number of aryl methyl sites for hydroxylation is 1. The van der Waals surface area contributed by atoms with Gasteiger partial charge < -0.3 is 14.6 Å². The van der Waals surface area contributed by atoms with Crippen molar-refractivity contribution in [2.24, 2.45) is 7.05 Å². The van der Waals surface area contributed by atoms with E-state index in [1.54, 1.807) is 24.4 Å². The number of nitrogens with one attached hydrogen (secondary N) is 1. The van der Waals surface area contributed by atoms with E-state index in [1.807, 2.05) is 35.9 Å². The lowest BCUT2D eigenvalue weighted by Crippen LogP contribution is -2.30. The van der Waals surface area contributed by atoms with Crippen LogP contribution < -0.4 is 15.6 Å². The molecule has 2 heterocycles. The molecule has 0 saturated heterocycles. The van der Waals surface area contributed by atoms with Crippen molar-refractivity contribution >= 4 is 45.0 Å². The Labute approximate surface area is 165 Å². The first kappa shape index (κ1) is 18.1. The van der Waals surface area contributed by atoms with Gasteiger partial charge in [-0.2, -0.15) is 5.10 Å². The van der Waals surface area contributed by atoms with Gasteiger partial charge in [0.1, 0.15) is 17.8 Å². The van der Waals surface area contributed by atoms with Crippen molar-refractivity contribution in [3.05, 3.63) is 64.0 Å². The minimum Gasteiger partial charge on any atom is -0.495 e. The highest BCUT2D eigenvalue weighted by molar-refractivity contribution is 6.32. The van der Waals surface area contributed by atoms with Crippen molar-refractivity contribution in [3.63, 3.8) is 0 Å². The SMILES string of the molecule is COc1ccc(NC(=O)Cn2ncc3c4ccccc4n(C)c3c2=O)cc1Cl. The van der Waals surface area contributed by atoms with E-state index in [1.165, 1.54) is 7.11 Å². The van der Waals surface area contributed by atoms with Gasteiger partial charge in [-0.25, -0.2) is 4.68 Å². The lowest BCUT2D eigenvalue weighted by atomic mass is 10.2. The molecule has 8 heteroatoms. The van der Waals surface area contributed by atoms with Gasteiger partial charge in [0.05, 0.1) is 18.3 Å². The molecule has 0 aliphatic carbocycles. The molecule has 0 unspecified atom stereocenters. The van der Waals surface area contributed by atoms with Crippen molar-refractivity contribution in [2.45, 2.75) is 6.54 Å². The van der Waals surface area contributed by atoms with Crippen LogP contribution in [0.2, 0.25) is 5.02 Å². The molecule has 0 spiro atoms. The maximum atomic E-state index is 12.9. The number of methoxy groups -OCH3 is 1. The number of carbonyl (C=O) groups is 1. The van der Waals surface area contributed by atoms with Gasteiger partial charge >= 0.3 is 0 Å². The molecule has 2 aromatic carbocycles. The quantitative estimate of drug-likeness (QED) is 0.574. The lowest BCUT2D eigenvalue weighted by Gasteiger charge is -2.09. The molecule has 0 aliphatic rings. The number of hydrogen-bond donors (Lipinski definition) is 1. The zero-order chi connectivity index (χ0) is 19.8. The van der Waals surface area contributed by atoms with E-state index < -0.39 is 0 Å². The molecule has 0 aliphatic heterocycles. The maximum Gasteiger partial charge on any atom is 0.291 e. The van der Waals surface area contributed by atoms with Crippen LogP contribution in [0.5, 0.6) is 5.75 Å². The minimum absolute atomic E-state index is 0.208. The van der Waals surface area contributed by atoms with Crippen molar-refractivity contribution in [2.75, 3.05) is 12.4 Å². The number of amides is 1. The highest BCUT2D eigenvalue weighted by atomic mass is 35.5. The fraction of sp³-hybridized carbons (Fsp3) is 0.150. The third kappa shape index (κ3) is 2.99. The van der Waals surface area contributed by atoms with Crippen molar-refractivity contribution in [1.82, 2.24) is 14.3 Å². The van der Waals surface area contributed by atoms with Gasteiger partial charge in [-0.1, -0.05) is 29.8 Å². The molecular formula is C20H17ClN4O3. The van der Waals surface area contributed by atoms with Gasteiger partial charge in [0.2, 0.25) is 5.91 Å². The van der Waals surface area contributed by atoms with Crippen LogP contribution in [0.4, 0.5) is 5.69 Å². The number of halogens is 1. The van der Waals surface area contributed by atoms with Crippen LogP contribution in [0.25, 0.3) is 21.8 Å². The molecule has 0 atom stereocenters. The molecule has 0 fully saturated rings. The first-order valence-corrected chi connectivity index (χ1v) is 8.94. The van der Waals surface area contributed by atoms with Gasteiger partial charge in [-0.05, 0) is 24.3 Å². The normalized spacial score (nSPS) is 11.1. The maximum absolute atomic E-state index is 12.9. The fourth-order valence-electron chi connectivity index (χ4n) is 3.31. The Kier molecular flexibility index (Phi) is 4.52. The second kappa shape index (κ2) is 7.01. The van der Waals surface area contributed by atoms with E-state index in [0.29, 0.717) is 22.0 Å². The highest BCUT2D eigenvalue weighted by Crippen LogP contribution is 2.27. The average Bonchev–Trinajstić information content (AvgIpc) is 2.97. The molecule has 4 aromatic rings. The molecule has 4 rings (SSSR count). The molecule has 1 N–H and O–H groups in total. The topological polar surface area (TPSA) is 78.2 Å². The van der Waals surface area contributed by atoms with E-state index in [0.717, 1.165) is 21.0 Å². The zero-order valence-corrected chi connectivity index (χ0v) is 16.0. The van der Waals surface area contributed by atoms with E-state index in [9.17, 15) is 9.59 Å². The molecule has 1 amide bonds. The second-order valence-electron chi connectivity index (χ2n) is 6.34. The van der Waals surface area contributed by atoms with Crippen LogP contribution in [0.3, 0.4) is 0 Å². The largest absolute Gasteiger partial charge is 0.495 e. The van der Waals surface area contributed by atoms with E-state index >= 15 is 0 Å². The minimum atomic E-state index is -0.381. The fourth-order valence-corrected chi connectivity index (χ4v) is 3.57. The summed E-state index contributed by atoms with van der Waals surface area (Å²) in [6.07, 6.45) is 1.62. The lowest BCUT2D eigenvalue weighted by molar-refractivity contribution is -0.117. The summed E-state index contributed by atoms with van der Waals surface area (Å²) < 4.78 is 8.07. The molecule has 28 heavy (non-hydrogen) atoms. The Balaban J connectivity index is 1.64. The van der Waals surface area contributed by atoms with Crippen LogP contribution in [0, 0.1) is 0 Å². The Hall–Kier alpha value is -3.32. The third-order valence-corrected chi connectivity index (χ3v) is 4.93. The van der Waals surface area contributed by atoms with Gasteiger partial charge in [-0.3, -0.25) is 9.59 Å². The second-order valence-corrected chi connectivity index (χ2v) is 6.75. The summed E-state index contributed by atoms with van der Waals surface area (Å²) in [6.45, 7) is -0.208. The number of anilines is 1. The first-order chi connectivity index (χ1) is 13.5. The van der Waals surface area contributed by atoms with Gasteiger partial charge in [0.15, 0.2) is 0 Å². The Morgan fingerprint density at radius 3 is 2.75 bits per heavy atom. The molecule has 0 bridgehead atoms. The standard InChI is InChI=1S/C20H17ClN4O3/c1-24-16-6-4-3-5-13(16)14-10-22-25(20(27)19(14)24)11-18(26)23-12-7-8-17(28-2)15(21)9-12/h3-10H,11H2,1-2H3,(H,23,26). The molecule has 0 saturated carbocycles. The summed E-state index contributed by atoms with van der Waals surface area (Å²) in [7, 11) is 3.34. The van der Waals surface area contributed by atoms with Gasteiger partial charge in [0, 0.05) is 29.0 Å². The molecule has 7 nitrogen and oxygen atoms in total. The van der Waals surface area contributed by atoms with Crippen LogP contribution >= 0.6 is 11.6 Å². The Morgan fingerprint density at radius 2 is 2.00 bits per heavy atom. The molecule has 0 radical (unpaired) electrons. The Bertz CT molecular complexity index is 1280. The summed E-state index contributed by atoms with van der Waals surface area (Å²) in [5, 5.41) is 8.99. The highest BCUT2D eigenvalue weighted by Gasteiger charge is 2.15. The van der Waals surface area contributed by atoms with Crippen LogP contribution in [0.1, 0.15) is 0 Å². The summed E-state index contributed by atoms with van der Waals surface area (Å²) in [4.78, 5) is 25.3. The van der Waals surface area contributed by atoms with E-state index in [-0.39, 0.29) is 18.0 Å². The van der Waals surface area contributed by atoms with Crippen molar-refractivity contribution in [3.8, 4) is 5.75 Å². The van der Waals surface area contributed by atoms with Crippen molar-refractivity contribution < 1.29 is 9.53 Å². The number of benzene rings is 2. The first-order valence-electron chi connectivity index (χ1n) is 8.56. The predicted octanol–water partition coefficient (Wildman–Crippen LogP) is 3.19. The van der Waals surface area contributed by atoms with Crippen LogP contribution in [0.15, 0.2) is 53.5 Å². The smallest absolute Gasteiger partial charge is 0.291 e. The number of nitrogens with zero attached hydrogens (tertiary/aromatic N) is 3. The van der Waals surface area contributed by atoms with Gasteiger partial charge in [-0.15, -0.1) is 0 Å². The monoisotopic (exact) mass is 396 g/mol. The number of ether oxygens (including phenoxy) is 1. The number of fused-ring (bicyclic) bond motifs is 3. The molecule has 142 valence electrons. The summed E-state index contributed by atoms with van der Waals surface area (Å²) in [6, 6.07) is 12.6. The number of aromatic nitrogens is 3. The Morgan fingerprint density at radius 1 is 1.21 bits per heavy atom. The number of carbonyl (C=O) groups excluding carboxylic acids is 1. The number of para-hydroxylation sites is 1. The van der Waals surface area contributed by atoms with E-state index in [2.05, 4.69) is 10.4 Å². The summed E-state index contributed by atoms with van der Waals surface area (Å²) in [5.41, 5.74) is 1.64. The number of rotatable bonds is 4. The third-order valence-electron chi connectivity index (χ3n) is 4.64. The van der Waals surface area contributed by atoms with Gasteiger partial charge in [0.25, 0.3) is 5.56 Å². The molecular weight excluding hydrogens is 380 g/mol. The summed E-state index contributed by atoms with van der Waals surface area (Å²) in [5.74, 6) is 0.132. The van der Waals surface area contributed by atoms with Crippen LogP contribution in [-0.4, -0.2) is 27.4 Å². The zero-order valence-electron chi connectivity index (χ0n) is 15.3. The van der Waals surface area contributed by atoms with E-state index in [4.69, 9.17) is 16.3 Å². The number of hydrogen-bond acceptors (Lipinski definition) is 4.